The number of nitrogens with zero attached hydrogens (tertiary/aromatic N) is 2. The molecule has 0 spiro atoms. The van der Waals surface area contributed by atoms with Crippen molar-refractivity contribution in [3.63, 3.8) is 0 Å². The van der Waals surface area contributed by atoms with E-state index in [4.69, 9.17) is 11.6 Å². The third-order valence-corrected chi connectivity index (χ3v) is 3.53. The fourth-order valence-corrected chi connectivity index (χ4v) is 2.31. The van der Waals surface area contributed by atoms with Crippen LogP contribution in [0.1, 0.15) is 17.3 Å². The highest BCUT2D eigenvalue weighted by atomic mass is 35.5. The van der Waals surface area contributed by atoms with Crippen LogP contribution in [-0.2, 0) is 4.79 Å². The van der Waals surface area contributed by atoms with Gasteiger partial charge in [-0.1, -0.05) is 11.6 Å². The van der Waals surface area contributed by atoms with Crippen molar-refractivity contribution < 1.29 is 9.59 Å². The largest absolute Gasteiger partial charge is 0.368 e. The first-order chi connectivity index (χ1) is 8.61. The molecule has 18 heavy (non-hydrogen) atoms. The Kier molecular flexibility index (Phi) is 3.87. The van der Waals surface area contributed by atoms with Crippen LogP contribution in [0.3, 0.4) is 0 Å². The Morgan fingerprint density at radius 3 is 2.44 bits per heavy atom. The average Bonchev–Trinajstić information content (AvgIpc) is 2.38. The third-order valence-electron chi connectivity index (χ3n) is 3.20. The van der Waals surface area contributed by atoms with Crippen LogP contribution in [-0.4, -0.2) is 43.3 Å². The molecular formula is C13H15ClN2O2. The van der Waals surface area contributed by atoms with Gasteiger partial charge in [0.15, 0.2) is 6.29 Å². The highest BCUT2D eigenvalue weighted by Crippen LogP contribution is 2.23. The van der Waals surface area contributed by atoms with Gasteiger partial charge in [-0.2, -0.15) is 0 Å². The Balaban J connectivity index is 2.08. The first kappa shape index (κ1) is 12.9. The quantitative estimate of drug-likeness (QED) is 0.767. The zero-order valence-corrected chi connectivity index (χ0v) is 11.0. The Bertz CT molecular complexity index is 468. The van der Waals surface area contributed by atoms with Crippen molar-refractivity contribution in [2.45, 2.75) is 6.92 Å². The fourth-order valence-electron chi connectivity index (χ4n) is 2.09. The van der Waals surface area contributed by atoms with E-state index in [0.29, 0.717) is 10.6 Å². The van der Waals surface area contributed by atoms with Crippen molar-refractivity contribution in [2.24, 2.45) is 0 Å². The minimum absolute atomic E-state index is 0.115. The van der Waals surface area contributed by atoms with E-state index < -0.39 is 0 Å². The van der Waals surface area contributed by atoms with Crippen molar-refractivity contribution in [3.05, 3.63) is 28.8 Å². The lowest BCUT2D eigenvalue weighted by Gasteiger charge is -2.35. The predicted molar refractivity (Wildman–Crippen MR) is 71.3 cm³/mol. The Hall–Kier alpha value is -1.55. The highest BCUT2D eigenvalue weighted by Gasteiger charge is 2.19. The second kappa shape index (κ2) is 5.40. The van der Waals surface area contributed by atoms with Crippen LogP contribution >= 0.6 is 11.6 Å². The number of hydrogen-bond acceptors (Lipinski definition) is 3. The van der Waals surface area contributed by atoms with Gasteiger partial charge >= 0.3 is 0 Å². The fraction of sp³-hybridized carbons (Fsp3) is 0.385. The molecule has 1 aliphatic rings. The van der Waals surface area contributed by atoms with Gasteiger partial charge in [-0.3, -0.25) is 9.59 Å². The summed E-state index contributed by atoms with van der Waals surface area (Å²) in [6.07, 6.45) is 0.750. The van der Waals surface area contributed by atoms with Crippen LogP contribution in [0.5, 0.6) is 0 Å². The van der Waals surface area contributed by atoms with Crippen molar-refractivity contribution >= 4 is 29.5 Å². The van der Waals surface area contributed by atoms with E-state index >= 15 is 0 Å². The van der Waals surface area contributed by atoms with E-state index in [1.165, 1.54) is 0 Å². The monoisotopic (exact) mass is 266 g/mol. The molecule has 0 atom stereocenters. The summed E-state index contributed by atoms with van der Waals surface area (Å²) in [5.74, 6) is 0.115. The van der Waals surface area contributed by atoms with E-state index in [2.05, 4.69) is 4.90 Å². The molecule has 0 unspecified atom stereocenters. The maximum atomic E-state index is 11.2. The molecule has 2 rings (SSSR count). The van der Waals surface area contributed by atoms with Gasteiger partial charge in [-0.25, -0.2) is 0 Å². The molecule has 0 aliphatic carbocycles. The highest BCUT2D eigenvalue weighted by molar-refractivity contribution is 6.33. The molecule has 1 aliphatic heterocycles. The number of carbonyl (C=O) groups is 2. The molecule has 1 saturated heterocycles. The molecular weight excluding hydrogens is 252 g/mol. The lowest BCUT2D eigenvalue weighted by atomic mass is 10.2. The Morgan fingerprint density at radius 2 is 1.94 bits per heavy atom. The lowest BCUT2D eigenvalue weighted by Crippen LogP contribution is -2.48. The Labute approximate surface area is 111 Å². The molecule has 0 aromatic heterocycles. The van der Waals surface area contributed by atoms with Crippen molar-refractivity contribution in [1.29, 1.82) is 0 Å². The number of rotatable bonds is 2. The van der Waals surface area contributed by atoms with Crippen molar-refractivity contribution in [1.82, 2.24) is 4.90 Å². The van der Waals surface area contributed by atoms with Crippen LogP contribution in [0.25, 0.3) is 0 Å². The molecule has 5 heteroatoms. The topological polar surface area (TPSA) is 40.6 Å². The summed E-state index contributed by atoms with van der Waals surface area (Å²) in [4.78, 5) is 25.9. The molecule has 0 saturated carbocycles. The van der Waals surface area contributed by atoms with Gasteiger partial charge in [-0.05, 0) is 18.2 Å². The van der Waals surface area contributed by atoms with Gasteiger partial charge < -0.3 is 9.80 Å². The van der Waals surface area contributed by atoms with Gasteiger partial charge in [0.1, 0.15) is 0 Å². The number of carbonyl (C=O) groups excluding carboxylic acids is 2. The minimum atomic E-state index is 0.115. The molecule has 96 valence electrons. The zero-order valence-electron chi connectivity index (χ0n) is 10.2. The van der Waals surface area contributed by atoms with Crippen LogP contribution in [0.4, 0.5) is 5.69 Å². The molecule has 1 amide bonds. The summed E-state index contributed by atoms with van der Waals surface area (Å²) in [5, 5.41) is 0.469. The number of aldehydes is 1. The molecule has 0 bridgehead atoms. The van der Waals surface area contributed by atoms with Gasteiger partial charge in [0.25, 0.3) is 0 Å². The van der Waals surface area contributed by atoms with Gasteiger partial charge in [0.05, 0.1) is 5.02 Å². The third kappa shape index (κ3) is 2.64. The summed E-state index contributed by atoms with van der Waals surface area (Å²) in [6, 6.07) is 5.41. The van der Waals surface area contributed by atoms with E-state index in [9.17, 15) is 9.59 Å². The van der Waals surface area contributed by atoms with Crippen LogP contribution in [0.2, 0.25) is 5.02 Å². The smallest absolute Gasteiger partial charge is 0.219 e. The summed E-state index contributed by atoms with van der Waals surface area (Å²) < 4.78 is 0. The summed E-state index contributed by atoms with van der Waals surface area (Å²) in [5.41, 5.74) is 1.50. The number of hydrogen-bond donors (Lipinski definition) is 0. The SMILES string of the molecule is CC(=O)N1CCN(c2ccc(C=O)c(Cl)c2)CC1. The second-order valence-electron chi connectivity index (χ2n) is 4.32. The van der Waals surface area contributed by atoms with Crippen molar-refractivity contribution in [3.8, 4) is 0 Å². The normalized spacial score (nSPS) is 15.7. The predicted octanol–water partition coefficient (Wildman–Crippen LogP) is 1.82. The summed E-state index contributed by atoms with van der Waals surface area (Å²) >= 11 is 6.01. The molecule has 1 aromatic carbocycles. The number of anilines is 1. The summed E-state index contributed by atoms with van der Waals surface area (Å²) in [7, 11) is 0. The summed E-state index contributed by atoms with van der Waals surface area (Å²) in [6.45, 7) is 4.61. The van der Waals surface area contributed by atoms with Gasteiger partial charge in [-0.15, -0.1) is 0 Å². The first-order valence-corrected chi connectivity index (χ1v) is 6.25. The van der Waals surface area contributed by atoms with Crippen molar-refractivity contribution in [2.75, 3.05) is 31.1 Å². The van der Waals surface area contributed by atoms with E-state index in [-0.39, 0.29) is 5.91 Å². The standard InChI is InChI=1S/C13H15ClN2O2/c1-10(18)15-4-6-16(7-5-15)12-3-2-11(9-17)13(14)8-12/h2-3,8-9H,4-7H2,1H3. The molecule has 1 heterocycles. The number of halogens is 1. The number of benzene rings is 1. The minimum Gasteiger partial charge on any atom is -0.368 e. The maximum absolute atomic E-state index is 11.2. The molecule has 0 N–H and O–H groups in total. The average molecular weight is 267 g/mol. The van der Waals surface area contributed by atoms with E-state index in [1.54, 1.807) is 19.1 Å². The molecule has 1 aromatic rings. The number of piperazine rings is 1. The molecule has 0 radical (unpaired) electrons. The zero-order chi connectivity index (χ0) is 13.1. The van der Waals surface area contributed by atoms with Gasteiger partial charge in [0.2, 0.25) is 5.91 Å². The molecule has 4 nitrogen and oxygen atoms in total. The maximum Gasteiger partial charge on any atom is 0.219 e. The first-order valence-electron chi connectivity index (χ1n) is 5.87. The molecule has 1 fully saturated rings. The lowest BCUT2D eigenvalue weighted by molar-refractivity contribution is -0.129. The van der Waals surface area contributed by atoms with Crippen LogP contribution in [0, 0.1) is 0 Å². The van der Waals surface area contributed by atoms with Crippen LogP contribution in [0.15, 0.2) is 18.2 Å². The Morgan fingerprint density at radius 1 is 1.28 bits per heavy atom. The van der Waals surface area contributed by atoms with Crippen LogP contribution < -0.4 is 4.90 Å². The number of amides is 1. The van der Waals surface area contributed by atoms with E-state index in [0.717, 1.165) is 38.2 Å². The van der Waals surface area contributed by atoms with E-state index in [1.807, 2.05) is 11.0 Å². The second-order valence-corrected chi connectivity index (χ2v) is 4.72. The van der Waals surface area contributed by atoms with Gasteiger partial charge in [0, 0.05) is 44.4 Å².